The van der Waals surface area contributed by atoms with Crippen molar-refractivity contribution in [2.75, 3.05) is 13.2 Å². The van der Waals surface area contributed by atoms with E-state index in [0.29, 0.717) is 49.3 Å². The molecule has 0 unspecified atom stereocenters. The first-order chi connectivity index (χ1) is 18.4. The smallest absolute Gasteiger partial charge is 0.305 e. The minimum Gasteiger partial charge on any atom is -0.493 e. The maximum atomic E-state index is 13.0. The summed E-state index contributed by atoms with van der Waals surface area (Å²) in [6.45, 7) is 4.39. The Morgan fingerprint density at radius 1 is 0.947 bits per heavy atom. The molecular formula is C31H32N2O5. The van der Waals surface area contributed by atoms with E-state index in [1.165, 1.54) is 0 Å². The van der Waals surface area contributed by atoms with Gasteiger partial charge < -0.3 is 19.6 Å². The third-order valence-corrected chi connectivity index (χ3v) is 6.49. The van der Waals surface area contributed by atoms with Crippen LogP contribution in [0.2, 0.25) is 0 Å². The zero-order chi connectivity index (χ0) is 27.1. The van der Waals surface area contributed by atoms with Gasteiger partial charge >= 0.3 is 5.97 Å². The van der Waals surface area contributed by atoms with Gasteiger partial charge in [0.2, 0.25) is 0 Å². The molecule has 0 spiro atoms. The molecule has 2 aromatic carbocycles. The van der Waals surface area contributed by atoms with Crippen LogP contribution in [-0.2, 0) is 27.2 Å². The molecule has 38 heavy (non-hydrogen) atoms. The number of ether oxygens (including phenoxy) is 2. The lowest BCUT2D eigenvalue weighted by atomic mass is 9.94. The fourth-order valence-corrected chi connectivity index (χ4v) is 4.79. The van der Waals surface area contributed by atoms with Crippen molar-refractivity contribution in [3.05, 3.63) is 95.3 Å². The Kier molecular flexibility index (Phi) is 8.58. The number of fused-ring (bicyclic) bond motifs is 1. The van der Waals surface area contributed by atoms with Crippen molar-refractivity contribution in [2.45, 2.75) is 39.5 Å². The van der Waals surface area contributed by atoms with Crippen molar-refractivity contribution in [1.82, 2.24) is 4.40 Å². The second kappa shape index (κ2) is 12.2. The van der Waals surface area contributed by atoms with E-state index >= 15 is 0 Å². The minimum atomic E-state index is -0.996. The summed E-state index contributed by atoms with van der Waals surface area (Å²) in [4.78, 5) is 36.6. The van der Waals surface area contributed by atoms with E-state index in [2.05, 4.69) is 24.3 Å². The maximum Gasteiger partial charge on any atom is 0.305 e. The van der Waals surface area contributed by atoms with Gasteiger partial charge in [-0.3, -0.25) is 14.4 Å². The molecule has 4 rings (SSSR count). The number of rotatable bonds is 12. The van der Waals surface area contributed by atoms with Gasteiger partial charge in [0, 0.05) is 30.8 Å². The summed E-state index contributed by atoms with van der Waals surface area (Å²) >= 11 is 0. The average molecular weight is 513 g/mol. The molecule has 1 amide bonds. The molecule has 0 atom stereocenters. The Bertz CT molecular complexity index is 1460. The summed E-state index contributed by atoms with van der Waals surface area (Å²) in [6, 6.07) is 21.9. The highest BCUT2D eigenvalue weighted by molar-refractivity contribution is 6.44. The van der Waals surface area contributed by atoms with E-state index in [1.54, 1.807) is 13.0 Å². The number of esters is 1. The largest absolute Gasteiger partial charge is 0.493 e. The van der Waals surface area contributed by atoms with Crippen LogP contribution in [0.25, 0.3) is 16.6 Å². The molecule has 7 nitrogen and oxygen atoms in total. The second-order valence-corrected chi connectivity index (χ2v) is 8.92. The van der Waals surface area contributed by atoms with E-state index in [9.17, 15) is 14.4 Å². The lowest BCUT2D eigenvalue weighted by molar-refractivity contribution is -0.143. The maximum absolute atomic E-state index is 13.0. The van der Waals surface area contributed by atoms with Crippen molar-refractivity contribution in [2.24, 2.45) is 5.73 Å². The van der Waals surface area contributed by atoms with Crippen LogP contribution in [-0.4, -0.2) is 35.3 Å². The molecule has 2 N–H and O–H groups in total. The number of aromatic nitrogens is 1. The van der Waals surface area contributed by atoms with Crippen molar-refractivity contribution in [3.8, 4) is 16.9 Å². The quantitative estimate of drug-likeness (QED) is 0.122. The van der Waals surface area contributed by atoms with Gasteiger partial charge in [-0.15, -0.1) is 0 Å². The summed E-state index contributed by atoms with van der Waals surface area (Å²) in [5, 5.41) is 0. The number of benzene rings is 2. The average Bonchev–Trinajstić information content (AvgIpc) is 3.23. The first-order valence-electron chi connectivity index (χ1n) is 12.9. The summed E-state index contributed by atoms with van der Waals surface area (Å²) in [6.07, 6.45) is 3.72. The van der Waals surface area contributed by atoms with E-state index in [1.807, 2.05) is 53.9 Å². The molecule has 2 aromatic heterocycles. The molecule has 7 heteroatoms. The summed E-state index contributed by atoms with van der Waals surface area (Å²) in [5.41, 5.74) is 11.4. The Morgan fingerprint density at radius 2 is 1.68 bits per heavy atom. The normalized spacial score (nSPS) is 10.9. The predicted octanol–water partition coefficient (Wildman–Crippen LogP) is 5.15. The number of hydrogen-bond donors (Lipinski definition) is 1. The van der Waals surface area contributed by atoms with E-state index in [-0.39, 0.29) is 12.4 Å². The van der Waals surface area contributed by atoms with Gasteiger partial charge in [-0.25, -0.2) is 0 Å². The topological polar surface area (TPSA) is 100 Å². The van der Waals surface area contributed by atoms with Crippen LogP contribution < -0.4 is 10.5 Å². The predicted molar refractivity (Wildman–Crippen MR) is 146 cm³/mol. The standard InChI is InChI=1S/C31H32N2O5/c1-3-24-26(19-22-13-8-9-14-25(22)21-11-6-5-7-12-21)33-17-16-23(38-18-10-15-28(34)37-4-2)20-27(33)29(24)30(35)31(32)36/h5-9,11-14,16-17,20H,3-4,10,15,18-19H2,1-2H3,(H2,32,36). The number of hydrogen-bond acceptors (Lipinski definition) is 5. The number of ketones is 1. The number of primary amides is 1. The van der Waals surface area contributed by atoms with Crippen LogP contribution in [0, 0.1) is 0 Å². The van der Waals surface area contributed by atoms with Gasteiger partial charge in [-0.1, -0.05) is 61.5 Å². The number of nitrogens with zero attached hydrogens (tertiary/aromatic N) is 1. The molecule has 0 saturated heterocycles. The van der Waals surface area contributed by atoms with Gasteiger partial charge in [0.1, 0.15) is 5.75 Å². The van der Waals surface area contributed by atoms with Crippen LogP contribution in [0.15, 0.2) is 72.9 Å². The van der Waals surface area contributed by atoms with Gasteiger partial charge in [-0.05, 0) is 48.1 Å². The fraction of sp³-hybridized carbons (Fsp3) is 0.258. The first kappa shape index (κ1) is 26.7. The highest BCUT2D eigenvalue weighted by Gasteiger charge is 2.26. The zero-order valence-corrected chi connectivity index (χ0v) is 21.7. The van der Waals surface area contributed by atoms with E-state index in [0.717, 1.165) is 27.9 Å². The van der Waals surface area contributed by atoms with Gasteiger partial charge in [0.05, 0.1) is 24.3 Å². The Labute approximate surface area is 222 Å². The van der Waals surface area contributed by atoms with Crippen LogP contribution >= 0.6 is 0 Å². The van der Waals surface area contributed by atoms with E-state index in [4.69, 9.17) is 15.2 Å². The van der Waals surface area contributed by atoms with Crippen LogP contribution in [0.5, 0.6) is 5.75 Å². The Hall–Kier alpha value is -4.39. The number of carbonyl (C=O) groups excluding carboxylic acids is 3. The van der Waals surface area contributed by atoms with Crippen molar-refractivity contribution < 1.29 is 23.9 Å². The van der Waals surface area contributed by atoms with Crippen LogP contribution in [0.4, 0.5) is 0 Å². The molecule has 196 valence electrons. The third-order valence-electron chi connectivity index (χ3n) is 6.49. The lowest BCUT2D eigenvalue weighted by Crippen LogP contribution is -2.24. The highest BCUT2D eigenvalue weighted by atomic mass is 16.5. The SMILES string of the molecule is CCOC(=O)CCCOc1ccn2c(Cc3ccccc3-c3ccccc3)c(CC)c(C(=O)C(N)=O)c2c1. The molecule has 2 heterocycles. The number of pyridine rings is 1. The molecule has 0 aliphatic carbocycles. The van der Waals surface area contributed by atoms with Crippen LogP contribution in [0.1, 0.15) is 53.9 Å². The minimum absolute atomic E-state index is 0.261. The Balaban J connectivity index is 1.73. The fourth-order valence-electron chi connectivity index (χ4n) is 4.79. The first-order valence-corrected chi connectivity index (χ1v) is 12.9. The van der Waals surface area contributed by atoms with Crippen molar-refractivity contribution >= 4 is 23.2 Å². The summed E-state index contributed by atoms with van der Waals surface area (Å²) in [5.74, 6) is -1.44. The second-order valence-electron chi connectivity index (χ2n) is 8.92. The number of carbonyl (C=O) groups is 3. The summed E-state index contributed by atoms with van der Waals surface area (Å²) < 4.78 is 12.8. The van der Waals surface area contributed by atoms with Gasteiger partial charge in [-0.2, -0.15) is 0 Å². The molecule has 0 bridgehead atoms. The van der Waals surface area contributed by atoms with Crippen LogP contribution in [0.3, 0.4) is 0 Å². The molecule has 0 aliphatic rings. The Morgan fingerprint density at radius 3 is 2.39 bits per heavy atom. The molecular weight excluding hydrogens is 480 g/mol. The third kappa shape index (κ3) is 5.78. The number of Topliss-reactive ketones (excluding diaryl/α,β-unsaturated/α-hetero) is 1. The molecule has 0 saturated carbocycles. The summed E-state index contributed by atoms with van der Waals surface area (Å²) in [7, 11) is 0. The molecule has 0 aliphatic heterocycles. The molecule has 4 aromatic rings. The lowest BCUT2D eigenvalue weighted by Gasteiger charge is -2.12. The van der Waals surface area contributed by atoms with Gasteiger partial charge in [0.25, 0.3) is 11.7 Å². The zero-order valence-electron chi connectivity index (χ0n) is 21.7. The number of amides is 1. The molecule has 0 radical (unpaired) electrons. The monoisotopic (exact) mass is 512 g/mol. The van der Waals surface area contributed by atoms with E-state index < -0.39 is 11.7 Å². The molecule has 0 fully saturated rings. The van der Waals surface area contributed by atoms with Crippen molar-refractivity contribution in [1.29, 1.82) is 0 Å². The highest BCUT2D eigenvalue weighted by Crippen LogP contribution is 2.32. The van der Waals surface area contributed by atoms with Gasteiger partial charge in [0.15, 0.2) is 0 Å². The number of nitrogens with two attached hydrogens (primary N) is 1. The van der Waals surface area contributed by atoms with Crippen molar-refractivity contribution in [3.63, 3.8) is 0 Å².